The highest BCUT2D eigenvalue weighted by Crippen LogP contribution is 2.38. The third-order valence-corrected chi connectivity index (χ3v) is 7.82. The van der Waals surface area contributed by atoms with Crippen molar-refractivity contribution in [1.29, 1.82) is 0 Å². The zero-order chi connectivity index (χ0) is 29.7. The van der Waals surface area contributed by atoms with Crippen LogP contribution in [0, 0.1) is 19.3 Å². The highest BCUT2D eigenvalue weighted by molar-refractivity contribution is 7.15. The van der Waals surface area contributed by atoms with Crippen LogP contribution in [0.15, 0.2) is 59.0 Å². The van der Waals surface area contributed by atoms with Gasteiger partial charge in [0.2, 0.25) is 5.69 Å². The minimum Gasteiger partial charge on any atom is -0.502 e. The summed E-state index contributed by atoms with van der Waals surface area (Å²) in [5.74, 6) is 0.211. The monoisotopic (exact) mass is 580 g/mol. The number of benzene rings is 2. The molecule has 0 fully saturated rings. The maximum absolute atomic E-state index is 14.4. The van der Waals surface area contributed by atoms with E-state index in [-0.39, 0.29) is 23.0 Å². The van der Waals surface area contributed by atoms with E-state index in [1.54, 1.807) is 35.0 Å². The van der Waals surface area contributed by atoms with Crippen LogP contribution in [0.5, 0.6) is 5.75 Å². The fourth-order valence-corrected chi connectivity index (χ4v) is 5.87. The van der Waals surface area contributed by atoms with Crippen LogP contribution in [0.3, 0.4) is 0 Å². The Bertz CT molecular complexity index is 2110. The molecule has 42 heavy (non-hydrogen) atoms. The van der Waals surface area contributed by atoms with Gasteiger partial charge in [0.25, 0.3) is 5.56 Å². The van der Waals surface area contributed by atoms with Crippen molar-refractivity contribution in [2.45, 2.75) is 39.8 Å². The van der Waals surface area contributed by atoms with Gasteiger partial charge in [-0.2, -0.15) is 5.10 Å². The molecule has 12 heteroatoms. The summed E-state index contributed by atoms with van der Waals surface area (Å²) in [6, 6.07) is 10.5. The van der Waals surface area contributed by atoms with Crippen molar-refractivity contribution in [2.75, 3.05) is 5.73 Å². The molecule has 6 rings (SSSR count). The van der Waals surface area contributed by atoms with Gasteiger partial charge in [0.1, 0.15) is 29.4 Å². The fourth-order valence-electron chi connectivity index (χ4n) is 5.00. The zero-order valence-corrected chi connectivity index (χ0v) is 24.0. The fraction of sp³-hybridized carbons (Fsp3) is 0.200. The van der Waals surface area contributed by atoms with E-state index in [0.717, 1.165) is 5.69 Å². The summed E-state index contributed by atoms with van der Waals surface area (Å²) in [5.41, 5.74) is 9.69. The van der Waals surface area contributed by atoms with Crippen molar-refractivity contribution in [3.63, 3.8) is 0 Å². The molecule has 0 radical (unpaired) electrons. The van der Waals surface area contributed by atoms with Crippen LogP contribution in [0.25, 0.3) is 43.2 Å². The van der Waals surface area contributed by atoms with Crippen LogP contribution < -0.4 is 16.0 Å². The van der Waals surface area contributed by atoms with Crippen molar-refractivity contribution in [2.24, 2.45) is 0 Å². The first-order valence-electron chi connectivity index (χ1n) is 13.1. The maximum Gasteiger partial charge on any atom is 0.266 e. The van der Waals surface area contributed by atoms with E-state index in [1.807, 2.05) is 33.1 Å². The molecule has 10 nitrogen and oxygen atoms in total. The van der Waals surface area contributed by atoms with Gasteiger partial charge < -0.3 is 10.5 Å². The molecule has 0 spiro atoms. The predicted octanol–water partition coefficient (Wildman–Crippen LogP) is 6.21. The van der Waals surface area contributed by atoms with E-state index in [4.69, 9.17) is 27.1 Å². The molecule has 4 heterocycles. The summed E-state index contributed by atoms with van der Waals surface area (Å²) in [6.45, 7) is 15.1. The lowest BCUT2D eigenvalue weighted by molar-refractivity contribution is 0.244. The van der Waals surface area contributed by atoms with Gasteiger partial charge >= 0.3 is 0 Å². The van der Waals surface area contributed by atoms with Gasteiger partial charge in [-0.05, 0) is 63.1 Å². The van der Waals surface area contributed by atoms with Crippen molar-refractivity contribution in [3.8, 4) is 28.1 Å². The van der Waals surface area contributed by atoms with E-state index >= 15 is 0 Å². The average Bonchev–Trinajstić information content (AvgIpc) is 3.54. The molecule has 0 bridgehead atoms. The highest BCUT2D eigenvalue weighted by Gasteiger charge is 2.27. The molecule has 0 saturated heterocycles. The third kappa shape index (κ3) is 4.44. The lowest BCUT2D eigenvalue weighted by Gasteiger charge is -2.17. The Kier molecular flexibility index (Phi) is 6.67. The number of halogens is 1. The summed E-state index contributed by atoms with van der Waals surface area (Å²) >= 11 is 1.34. The number of nitrogens with zero attached hydrogens (tertiary/aromatic N) is 7. The maximum atomic E-state index is 14.4. The molecule has 2 N–H and O–H groups in total. The molecular weight excluding hydrogens is 555 g/mol. The standard InChI is InChI=1S/C30H25FN8O2S/c1-15(2)41-22-10-9-19(12-21(22)33-5)26-24-27(32)34-14-35-28(24)39(37-26)17(4)25-23(18-7-6-8-20(31)11-18)29(40)38-16(3)13-42-30(38)36-25/h6-15,17H,1-4H3,(H2,32,34,35)/t17-/m0/s1. The number of ether oxygens (including phenoxy) is 1. The van der Waals surface area contributed by atoms with Gasteiger partial charge in [-0.3, -0.25) is 9.20 Å². The molecule has 0 aliphatic carbocycles. The van der Waals surface area contributed by atoms with Crippen LogP contribution in [0.1, 0.15) is 38.2 Å². The molecule has 0 aliphatic heterocycles. The SMILES string of the molecule is [C-]#[N+]c1cc(-c2nn([C@@H](C)c3nc4scc(C)n4c(=O)c3-c3cccc(F)c3)c3ncnc(N)c23)ccc1OC(C)C. The molecule has 0 unspecified atom stereocenters. The lowest BCUT2D eigenvalue weighted by Crippen LogP contribution is -2.23. The summed E-state index contributed by atoms with van der Waals surface area (Å²) in [6.07, 6.45) is 1.24. The molecule has 0 amide bonds. The molecule has 1 atom stereocenters. The first-order valence-corrected chi connectivity index (χ1v) is 14.0. The van der Waals surface area contributed by atoms with Gasteiger partial charge in [-0.1, -0.05) is 18.2 Å². The number of hydrogen-bond acceptors (Lipinski definition) is 8. The van der Waals surface area contributed by atoms with E-state index in [0.29, 0.717) is 49.9 Å². The summed E-state index contributed by atoms with van der Waals surface area (Å²) in [7, 11) is 0. The average molecular weight is 581 g/mol. The number of aromatic nitrogens is 6. The van der Waals surface area contributed by atoms with Gasteiger partial charge in [-0.15, -0.1) is 11.3 Å². The van der Waals surface area contributed by atoms with Crippen LogP contribution in [-0.2, 0) is 0 Å². The minimum absolute atomic E-state index is 0.102. The molecule has 6 aromatic rings. The Morgan fingerprint density at radius 1 is 1.12 bits per heavy atom. The van der Waals surface area contributed by atoms with Gasteiger partial charge in [0.15, 0.2) is 10.6 Å². The van der Waals surface area contributed by atoms with Crippen LogP contribution in [0.2, 0.25) is 0 Å². The lowest BCUT2D eigenvalue weighted by atomic mass is 10.0. The smallest absolute Gasteiger partial charge is 0.266 e. The third-order valence-electron chi connectivity index (χ3n) is 6.88. The number of aryl methyl sites for hydroxylation is 1. The van der Waals surface area contributed by atoms with Crippen molar-refractivity contribution < 1.29 is 9.13 Å². The Balaban J connectivity index is 1.59. The normalized spacial score (nSPS) is 12.2. The van der Waals surface area contributed by atoms with E-state index in [9.17, 15) is 9.18 Å². The predicted molar refractivity (Wildman–Crippen MR) is 160 cm³/mol. The summed E-state index contributed by atoms with van der Waals surface area (Å²) in [4.78, 5) is 31.6. The van der Waals surface area contributed by atoms with E-state index in [2.05, 4.69) is 14.8 Å². The molecule has 0 saturated carbocycles. The van der Waals surface area contributed by atoms with Gasteiger partial charge in [0, 0.05) is 11.1 Å². The second-order valence-electron chi connectivity index (χ2n) is 10.1. The first-order chi connectivity index (χ1) is 20.2. The van der Waals surface area contributed by atoms with Gasteiger partial charge in [0.05, 0.1) is 35.4 Å². The second-order valence-corrected chi connectivity index (χ2v) is 10.9. The highest BCUT2D eigenvalue weighted by atomic mass is 32.1. The van der Waals surface area contributed by atoms with Crippen molar-refractivity contribution >= 4 is 38.8 Å². The number of nitrogens with two attached hydrogens (primary N) is 1. The molecule has 4 aromatic heterocycles. The summed E-state index contributed by atoms with van der Waals surface area (Å²) in [5, 5.41) is 7.25. The van der Waals surface area contributed by atoms with Crippen LogP contribution in [0.4, 0.5) is 15.9 Å². The minimum atomic E-state index is -0.627. The zero-order valence-electron chi connectivity index (χ0n) is 23.2. The molecule has 2 aromatic carbocycles. The molecule has 0 aliphatic rings. The van der Waals surface area contributed by atoms with Crippen LogP contribution >= 0.6 is 11.3 Å². The number of nitrogen functional groups attached to an aromatic ring is 1. The topological polar surface area (TPSA) is 118 Å². The largest absolute Gasteiger partial charge is 0.502 e. The van der Waals surface area contributed by atoms with Gasteiger partial charge in [-0.25, -0.2) is 28.9 Å². The first kappa shape index (κ1) is 27.0. The number of fused-ring (bicyclic) bond motifs is 2. The molecule has 210 valence electrons. The van der Waals surface area contributed by atoms with Crippen LogP contribution in [-0.4, -0.2) is 35.2 Å². The second kappa shape index (κ2) is 10.4. The van der Waals surface area contributed by atoms with E-state index < -0.39 is 11.9 Å². The van der Waals surface area contributed by atoms with Crippen molar-refractivity contribution in [1.82, 2.24) is 29.1 Å². The van der Waals surface area contributed by atoms with Crippen molar-refractivity contribution in [3.05, 3.63) is 93.1 Å². The quantitative estimate of drug-likeness (QED) is 0.233. The Labute approximate surface area is 243 Å². The Hall–Kier alpha value is -5.15. The molecular formula is C30H25FN8O2S. The number of thiazole rings is 1. The number of hydrogen-bond donors (Lipinski definition) is 1. The number of anilines is 1. The summed E-state index contributed by atoms with van der Waals surface area (Å²) < 4.78 is 23.3. The van der Waals surface area contributed by atoms with E-state index in [1.165, 1.54) is 34.2 Å². The number of rotatable bonds is 6. The Morgan fingerprint density at radius 2 is 1.93 bits per heavy atom. The Morgan fingerprint density at radius 3 is 2.67 bits per heavy atom.